The number of H-pyrrole nitrogens is 1. The zero-order valence-electron chi connectivity index (χ0n) is 21.8. The third-order valence-corrected chi connectivity index (χ3v) is 7.56. The van der Waals surface area contributed by atoms with Gasteiger partial charge in [-0.25, -0.2) is 9.78 Å². The molecule has 0 atom stereocenters. The summed E-state index contributed by atoms with van der Waals surface area (Å²) in [5.74, 6) is 0.457. The van der Waals surface area contributed by atoms with E-state index in [0.717, 1.165) is 0 Å². The highest BCUT2D eigenvalue weighted by Gasteiger charge is 2.34. The number of anilines is 1. The van der Waals surface area contributed by atoms with Gasteiger partial charge in [0.15, 0.2) is 5.69 Å². The second-order valence-corrected chi connectivity index (χ2v) is 11.6. The Labute approximate surface area is 229 Å². The quantitative estimate of drug-likeness (QED) is 0.338. The number of benzene rings is 1. The van der Waals surface area contributed by atoms with Crippen molar-refractivity contribution in [1.82, 2.24) is 30.0 Å². The van der Waals surface area contributed by atoms with Gasteiger partial charge in [-0.2, -0.15) is 15.3 Å². The molecule has 0 spiro atoms. The maximum absolute atomic E-state index is 12.3. The molecule has 0 radical (unpaired) electrons. The molecule has 198 valence electrons. The molecule has 4 aromatic rings. The summed E-state index contributed by atoms with van der Waals surface area (Å²) in [4.78, 5) is 26.9. The molecule has 12 heteroatoms. The smallest absolute Gasteiger partial charge is 0.408 e. The van der Waals surface area contributed by atoms with E-state index in [-0.39, 0.29) is 5.69 Å². The van der Waals surface area contributed by atoms with Crippen LogP contribution in [0.4, 0.5) is 10.7 Å². The number of rotatable bonds is 3. The number of halogens is 2. The van der Waals surface area contributed by atoms with Crippen LogP contribution in [0, 0.1) is 11.3 Å². The van der Waals surface area contributed by atoms with Crippen LogP contribution >= 0.6 is 23.2 Å². The normalized spacial score (nSPS) is 15.6. The number of aromatic nitrogens is 5. The van der Waals surface area contributed by atoms with Crippen molar-refractivity contribution in [2.24, 2.45) is 7.05 Å². The first-order valence-corrected chi connectivity index (χ1v) is 13.0. The lowest BCUT2D eigenvalue weighted by Gasteiger charge is -2.40. The first kappa shape index (κ1) is 26.1. The predicted octanol–water partition coefficient (Wildman–Crippen LogP) is 5.57. The van der Waals surface area contributed by atoms with Gasteiger partial charge in [0.1, 0.15) is 22.5 Å². The minimum Gasteiger partial charge on any atom is -0.444 e. The minimum atomic E-state index is -0.562. The Morgan fingerprint density at radius 3 is 2.55 bits per heavy atom. The number of hydrogen-bond donors (Lipinski definition) is 2. The van der Waals surface area contributed by atoms with Gasteiger partial charge < -0.3 is 19.9 Å². The van der Waals surface area contributed by atoms with E-state index in [2.05, 4.69) is 26.5 Å². The number of piperidine rings is 1. The van der Waals surface area contributed by atoms with E-state index >= 15 is 0 Å². The number of fused-ring (bicyclic) bond motifs is 2. The summed E-state index contributed by atoms with van der Waals surface area (Å²) < 4.78 is 6.99. The van der Waals surface area contributed by atoms with Crippen LogP contribution < -0.4 is 10.2 Å². The lowest BCUT2D eigenvalue weighted by atomic mass is 9.90. The van der Waals surface area contributed by atoms with Crippen LogP contribution in [-0.2, 0) is 11.8 Å². The molecule has 0 unspecified atom stereocenters. The van der Waals surface area contributed by atoms with Gasteiger partial charge in [0.25, 0.3) is 0 Å². The lowest BCUT2D eigenvalue weighted by molar-refractivity contribution is 0.0448. The summed E-state index contributed by atoms with van der Waals surface area (Å²) in [6.45, 7) is 8.74. The topological polar surface area (TPSA) is 125 Å². The van der Waals surface area contributed by atoms with Gasteiger partial charge in [0.2, 0.25) is 5.95 Å². The maximum atomic E-state index is 12.3. The van der Waals surface area contributed by atoms with Gasteiger partial charge >= 0.3 is 6.09 Å². The molecule has 1 fully saturated rings. The van der Waals surface area contributed by atoms with Gasteiger partial charge in [-0.05, 0) is 46.6 Å². The number of nitrogens with one attached hydrogen (secondary N) is 2. The van der Waals surface area contributed by atoms with Crippen molar-refractivity contribution in [2.45, 2.75) is 51.7 Å². The first-order valence-electron chi connectivity index (χ1n) is 12.3. The average Bonchev–Trinajstić information content (AvgIpc) is 3.38. The molecule has 38 heavy (non-hydrogen) atoms. The molecule has 3 aromatic heterocycles. The number of carbonyl (C=O) groups is 1. The van der Waals surface area contributed by atoms with Gasteiger partial charge in [-0.1, -0.05) is 29.3 Å². The minimum absolute atomic E-state index is 0.245. The van der Waals surface area contributed by atoms with E-state index in [1.807, 2.05) is 44.7 Å². The van der Waals surface area contributed by atoms with Gasteiger partial charge in [0, 0.05) is 43.0 Å². The summed E-state index contributed by atoms with van der Waals surface area (Å²) in [5, 5.41) is 19.5. The Bertz CT molecular complexity index is 1600. The Balaban J connectivity index is 1.43. The summed E-state index contributed by atoms with van der Waals surface area (Å²) in [6, 6.07) is 5.93. The number of aromatic amines is 1. The monoisotopic (exact) mass is 554 g/mol. The fourth-order valence-electron chi connectivity index (χ4n) is 4.75. The van der Waals surface area contributed by atoms with Crippen LogP contribution in [-0.4, -0.2) is 55.1 Å². The number of hydrogen-bond acceptors (Lipinski definition) is 7. The summed E-state index contributed by atoms with van der Waals surface area (Å²) >= 11 is 13.2. The molecule has 0 bridgehead atoms. The highest BCUT2D eigenvalue weighted by Crippen LogP contribution is 2.41. The SMILES string of the molecule is Cn1nc2ccc(-c3c[nH]c4nc(N5CCC(C)(NC(=O)OC(C)(C)C)CC5)nc(C#N)c34)c(Cl)c2c1Cl. The van der Waals surface area contributed by atoms with E-state index in [9.17, 15) is 10.1 Å². The zero-order valence-corrected chi connectivity index (χ0v) is 23.3. The molecule has 0 aliphatic carbocycles. The molecule has 1 aromatic carbocycles. The molecule has 0 saturated carbocycles. The number of ether oxygens (including phenoxy) is 1. The van der Waals surface area contributed by atoms with Gasteiger partial charge in [-0.3, -0.25) is 4.68 Å². The second-order valence-electron chi connectivity index (χ2n) is 10.8. The van der Waals surface area contributed by atoms with Crippen LogP contribution in [0.25, 0.3) is 33.1 Å². The molecule has 4 heterocycles. The molecule has 2 N–H and O–H groups in total. The number of nitrogens with zero attached hydrogens (tertiary/aromatic N) is 6. The first-order chi connectivity index (χ1) is 17.9. The van der Waals surface area contributed by atoms with Crippen molar-refractivity contribution in [2.75, 3.05) is 18.0 Å². The Kier molecular flexibility index (Phi) is 6.40. The van der Waals surface area contributed by atoms with E-state index in [4.69, 9.17) is 32.9 Å². The second kappa shape index (κ2) is 9.33. The summed E-state index contributed by atoms with van der Waals surface area (Å²) in [6.07, 6.45) is 2.69. The number of aryl methyl sites for hydroxylation is 1. The molecule has 1 amide bonds. The molecule has 1 aliphatic heterocycles. The standard InChI is InChI=1S/C26H28Cl2N8O2/c1-25(2,3)38-24(37)33-26(4)8-10-36(11-9-26)23-31-17(12-29)18-15(13-30-22(18)32-23)14-6-7-16-19(20(14)27)21(28)35(5)34-16/h6-7,13H,8-11H2,1-5H3,(H,33,37)(H,30,31,32). The van der Waals surface area contributed by atoms with Crippen molar-refractivity contribution >= 4 is 57.2 Å². The van der Waals surface area contributed by atoms with Crippen LogP contribution in [0.1, 0.15) is 46.2 Å². The Hall–Kier alpha value is -3.55. The van der Waals surface area contributed by atoms with E-state index in [1.165, 1.54) is 0 Å². The fourth-order valence-corrected chi connectivity index (χ4v) is 5.38. The highest BCUT2D eigenvalue weighted by atomic mass is 35.5. The number of nitriles is 1. The predicted molar refractivity (Wildman–Crippen MR) is 148 cm³/mol. The molecule has 5 rings (SSSR count). The summed E-state index contributed by atoms with van der Waals surface area (Å²) in [7, 11) is 1.75. The fraction of sp³-hybridized carbons (Fsp3) is 0.423. The molecule has 1 aliphatic rings. The van der Waals surface area contributed by atoms with Crippen molar-refractivity contribution in [3.05, 3.63) is 34.2 Å². The number of amides is 1. The van der Waals surface area contributed by atoms with Gasteiger partial charge in [-0.15, -0.1) is 0 Å². The van der Waals surface area contributed by atoms with E-state index < -0.39 is 17.2 Å². The third kappa shape index (κ3) is 4.72. The highest BCUT2D eigenvalue weighted by molar-refractivity contribution is 6.43. The van der Waals surface area contributed by atoms with Crippen molar-refractivity contribution < 1.29 is 9.53 Å². The van der Waals surface area contributed by atoms with Crippen LogP contribution in [0.5, 0.6) is 0 Å². The maximum Gasteiger partial charge on any atom is 0.408 e. The van der Waals surface area contributed by atoms with E-state index in [1.54, 1.807) is 17.9 Å². The Morgan fingerprint density at radius 2 is 1.89 bits per heavy atom. The number of carbonyl (C=O) groups excluding carboxylic acids is 1. The van der Waals surface area contributed by atoms with E-state index in [0.29, 0.717) is 75.1 Å². The number of alkyl carbamates (subject to hydrolysis) is 1. The lowest BCUT2D eigenvalue weighted by Crippen LogP contribution is -2.54. The van der Waals surface area contributed by atoms with Crippen molar-refractivity contribution in [3.63, 3.8) is 0 Å². The largest absolute Gasteiger partial charge is 0.444 e. The summed E-state index contributed by atoms with van der Waals surface area (Å²) in [5.41, 5.74) is 1.91. The zero-order chi connectivity index (χ0) is 27.4. The van der Waals surface area contributed by atoms with Crippen LogP contribution in [0.3, 0.4) is 0 Å². The average molecular weight is 555 g/mol. The van der Waals surface area contributed by atoms with Crippen LogP contribution in [0.2, 0.25) is 10.2 Å². The molecular weight excluding hydrogens is 527 g/mol. The van der Waals surface area contributed by atoms with Crippen LogP contribution in [0.15, 0.2) is 18.3 Å². The van der Waals surface area contributed by atoms with Gasteiger partial charge in [0.05, 0.1) is 21.3 Å². The molecule has 1 saturated heterocycles. The molecular formula is C26H28Cl2N8O2. The third-order valence-electron chi connectivity index (χ3n) is 6.74. The van der Waals surface area contributed by atoms with Crippen molar-refractivity contribution in [3.8, 4) is 17.2 Å². The Morgan fingerprint density at radius 1 is 1.18 bits per heavy atom. The van der Waals surface area contributed by atoms with Crippen molar-refractivity contribution in [1.29, 1.82) is 5.26 Å². The molecule has 10 nitrogen and oxygen atoms in total.